The molecule has 1 atom stereocenters. The van der Waals surface area contributed by atoms with Crippen molar-refractivity contribution < 1.29 is 5.11 Å². The SMILES string of the molecule is OCC1Cn2cccc2CN1. The number of hydrogen-bond donors (Lipinski definition) is 2. The zero-order valence-corrected chi connectivity index (χ0v) is 6.33. The molecule has 2 heterocycles. The third kappa shape index (κ3) is 1.17. The van der Waals surface area contributed by atoms with Gasteiger partial charge in [-0.2, -0.15) is 0 Å². The molecule has 0 bridgehead atoms. The predicted molar refractivity (Wildman–Crippen MR) is 42.1 cm³/mol. The van der Waals surface area contributed by atoms with Crippen molar-refractivity contribution in [2.45, 2.75) is 19.1 Å². The molecule has 0 saturated carbocycles. The molecule has 0 saturated heterocycles. The first kappa shape index (κ1) is 6.88. The number of hydrogen-bond acceptors (Lipinski definition) is 2. The third-order valence-electron chi connectivity index (χ3n) is 2.13. The Morgan fingerprint density at radius 3 is 3.45 bits per heavy atom. The topological polar surface area (TPSA) is 37.2 Å². The normalized spacial score (nSPS) is 23.2. The molecule has 2 rings (SSSR count). The zero-order valence-electron chi connectivity index (χ0n) is 6.33. The smallest absolute Gasteiger partial charge is 0.0602 e. The summed E-state index contributed by atoms with van der Waals surface area (Å²) in [6, 6.07) is 4.37. The standard InChI is InChI=1S/C8H12N2O/c11-6-7-5-10-3-1-2-8(10)4-9-7/h1-3,7,9,11H,4-6H2. The molecule has 1 aromatic heterocycles. The second-order valence-electron chi connectivity index (χ2n) is 2.91. The van der Waals surface area contributed by atoms with Crippen LogP contribution in [-0.4, -0.2) is 22.3 Å². The van der Waals surface area contributed by atoms with Crippen LogP contribution in [0.4, 0.5) is 0 Å². The largest absolute Gasteiger partial charge is 0.395 e. The summed E-state index contributed by atoms with van der Waals surface area (Å²) in [6.45, 7) is 1.98. The van der Waals surface area contributed by atoms with Gasteiger partial charge in [-0.3, -0.25) is 0 Å². The molecule has 60 valence electrons. The van der Waals surface area contributed by atoms with Gasteiger partial charge in [-0.05, 0) is 12.1 Å². The van der Waals surface area contributed by atoms with E-state index in [1.165, 1.54) is 5.69 Å². The highest BCUT2D eigenvalue weighted by Gasteiger charge is 2.14. The van der Waals surface area contributed by atoms with Crippen LogP contribution in [0.5, 0.6) is 0 Å². The average Bonchev–Trinajstić information content (AvgIpc) is 2.50. The van der Waals surface area contributed by atoms with Gasteiger partial charge in [0, 0.05) is 31.0 Å². The lowest BCUT2D eigenvalue weighted by Crippen LogP contribution is -2.40. The van der Waals surface area contributed by atoms with Gasteiger partial charge in [0.25, 0.3) is 0 Å². The monoisotopic (exact) mass is 152 g/mol. The summed E-state index contributed by atoms with van der Waals surface area (Å²) in [5.41, 5.74) is 1.30. The van der Waals surface area contributed by atoms with Gasteiger partial charge in [-0.15, -0.1) is 0 Å². The van der Waals surface area contributed by atoms with E-state index in [4.69, 9.17) is 5.11 Å². The number of fused-ring (bicyclic) bond motifs is 1. The minimum Gasteiger partial charge on any atom is -0.395 e. The molecule has 3 heteroatoms. The van der Waals surface area contributed by atoms with Crippen LogP contribution in [0.25, 0.3) is 0 Å². The molecule has 1 aliphatic heterocycles. The first-order chi connectivity index (χ1) is 5.40. The number of aliphatic hydroxyl groups is 1. The van der Waals surface area contributed by atoms with Gasteiger partial charge in [-0.25, -0.2) is 0 Å². The minimum atomic E-state index is 0.220. The lowest BCUT2D eigenvalue weighted by molar-refractivity contribution is 0.216. The van der Waals surface area contributed by atoms with Gasteiger partial charge >= 0.3 is 0 Å². The number of nitrogens with one attached hydrogen (secondary N) is 1. The number of aromatic nitrogens is 1. The Hall–Kier alpha value is -0.800. The first-order valence-electron chi connectivity index (χ1n) is 3.88. The average molecular weight is 152 g/mol. The lowest BCUT2D eigenvalue weighted by Gasteiger charge is -2.24. The highest BCUT2D eigenvalue weighted by Crippen LogP contribution is 2.08. The second-order valence-corrected chi connectivity index (χ2v) is 2.91. The maximum atomic E-state index is 8.88. The van der Waals surface area contributed by atoms with Crippen LogP contribution < -0.4 is 5.32 Å². The summed E-state index contributed by atoms with van der Waals surface area (Å²) in [4.78, 5) is 0. The van der Waals surface area contributed by atoms with Crippen molar-refractivity contribution in [3.05, 3.63) is 24.0 Å². The molecule has 0 radical (unpaired) electrons. The Morgan fingerprint density at radius 1 is 1.73 bits per heavy atom. The summed E-state index contributed by atoms with van der Waals surface area (Å²) in [5.74, 6) is 0. The molecule has 3 nitrogen and oxygen atoms in total. The minimum absolute atomic E-state index is 0.220. The maximum Gasteiger partial charge on any atom is 0.0602 e. The van der Waals surface area contributed by atoms with E-state index in [0.29, 0.717) is 0 Å². The van der Waals surface area contributed by atoms with E-state index in [-0.39, 0.29) is 12.6 Å². The first-order valence-corrected chi connectivity index (χ1v) is 3.88. The highest BCUT2D eigenvalue weighted by atomic mass is 16.3. The molecule has 0 amide bonds. The summed E-state index contributed by atoms with van der Waals surface area (Å²) < 4.78 is 2.18. The van der Waals surface area contributed by atoms with Gasteiger partial charge < -0.3 is 15.0 Å². The number of rotatable bonds is 1. The van der Waals surface area contributed by atoms with Crippen LogP contribution >= 0.6 is 0 Å². The molecular weight excluding hydrogens is 140 g/mol. The van der Waals surface area contributed by atoms with Gasteiger partial charge in [0.05, 0.1) is 6.61 Å². The summed E-state index contributed by atoms with van der Waals surface area (Å²) in [5, 5.41) is 12.1. The van der Waals surface area contributed by atoms with Crippen LogP contribution in [-0.2, 0) is 13.1 Å². The summed E-state index contributed by atoms with van der Waals surface area (Å²) in [6.07, 6.45) is 2.05. The zero-order chi connectivity index (χ0) is 7.68. The van der Waals surface area contributed by atoms with Crippen LogP contribution in [0, 0.1) is 0 Å². The van der Waals surface area contributed by atoms with Crippen LogP contribution in [0.1, 0.15) is 5.69 Å². The van der Waals surface area contributed by atoms with Gasteiger partial charge in [0.1, 0.15) is 0 Å². The van der Waals surface area contributed by atoms with Crippen molar-refractivity contribution in [1.82, 2.24) is 9.88 Å². The molecule has 0 aromatic carbocycles. The molecular formula is C8H12N2O. The quantitative estimate of drug-likeness (QED) is 0.592. The second kappa shape index (κ2) is 2.68. The number of nitrogens with zero attached hydrogens (tertiary/aromatic N) is 1. The summed E-state index contributed by atoms with van der Waals surface area (Å²) >= 11 is 0. The van der Waals surface area contributed by atoms with Crippen molar-refractivity contribution in [1.29, 1.82) is 0 Å². The Kier molecular flexibility index (Phi) is 1.68. The van der Waals surface area contributed by atoms with E-state index in [2.05, 4.69) is 22.1 Å². The molecule has 1 aromatic rings. The Labute approximate surface area is 65.6 Å². The molecule has 11 heavy (non-hydrogen) atoms. The lowest BCUT2D eigenvalue weighted by atomic mass is 10.2. The van der Waals surface area contributed by atoms with Crippen molar-refractivity contribution >= 4 is 0 Å². The molecule has 0 fully saturated rings. The Bertz CT molecular complexity index is 244. The van der Waals surface area contributed by atoms with Crippen molar-refractivity contribution in [2.24, 2.45) is 0 Å². The summed E-state index contributed by atoms with van der Waals surface area (Å²) in [7, 11) is 0. The molecule has 1 aliphatic rings. The van der Waals surface area contributed by atoms with Gasteiger partial charge in [0.2, 0.25) is 0 Å². The molecule has 0 spiro atoms. The maximum absolute atomic E-state index is 8.88. The van der Waals surface area contributed by atoms with E-state index in [9.17, 15) is 0 Å². The highest BCUT2D eigenvalue weighted by molar-refractivity contribution is 5.09. The number of aliphatic hydroxyl groups excluding tert-OH is 1. The fraction of sp³-hybridized carbons (Fsp3) is 0.500. The fourth-order valence-electron chi connectivity index (χ4n) is 1.46. The van der Waals surface area contributed by atoms with Crippen molar-refractivity contribution in [2.75, 3.05) is 6.61 Å². The molecule has 1 unspecified atom stereocenters. The van der Waals surface area contributed by atoms with Gasteiger partial charge in [-0.1, -0.05) is 0 Å². The van der Waals surface area contributed by atoms with Crippen LogP contribution in [0.15, 0.2) is 18.3 Å². The van der Waals surface area contributed by atoms with E-state index in [1.54, 1.807) is 0 Å². The Balaban J connectivity index is 2.18. The molecule has 0 aliphatic carbocycles. The van der Waals surface area contributed by atoms with Crippen LogP contribution in [0.3, 0.4) is 0 Å². The van der Waals surface area contributed by atoms with E-state index in [0.717, 1.165) is 13.1 Å². The van der Waals surface area contributed by atoms with E-state index >= 15 is 0 Å². The Morgan fingerprint density at radius 2 is 2.64 bits per heavy atom. The third-order valence-corrected chi connectivity index (χ3v) is 2.13. The van der Waals surface area contributed by atoms with Crippen molar-refractivity contribution in [3.8, 4) is 0 Å². The van der Waals surface area contributed by atoms with E-state index in [1.807, 2.05) is 6.07 Å². The predicted octanol–water partition coefficient (Wildman–Crippen LogP) is -0.0478. The van der Waals surface area contributed by atoms with Crippen molar-refractivity contribution in [3.63, 3.8) is 0 Å². The van der Waals surface area contributed by atoms with Crippen LogP contribution in [0.2, 0.25) is 0 Å². The van der Waals surface area contributed by atoms with E-state index < -0.39 is 0 Å². The fourth-order valence-corrected chi connectivity index (χ4v) is 1.46. The van der Waals surface area contributed by atoms with Gasteiger partial charge in [0.15, 0.2) is 0 Å². The molecule has 2 N–H and O–H groups in total.